The van der Waals surface area contributed by atoms with Crippen molar-refractivity contribution in [2.24, 2.45) is 0 Å². The first kappa shape index (κ1) is 15.4. The molecule has 0 radical (unpaired) electrons. The van der Waals surface area contributed by atoms with Gasteiger partial charge in [0.15, 0.2) is 0 Å². The second-order valence-corrected chi connectivity index (χ2v) is 5.73. The van der Waals surface area contributed by atoms with Gasteiger partial charge in [-0.25, -0.2) is 0 Å². The summed E-state index contributed by atoms with van der Waals surface area (Å²) in [4.78, 5) is 20.2. The number of rotatable bonds is 5. The highest BCUT2D eigenvalue weighted by atomic mass is 79.9. The van der Waals surface area contributed by atoms with Crippen molar-refractivity contribution in [3.05, 3.63) is 59.2 Å². The van der Waals surface area contributed by atoms with E-state index < -0.39 is 0 Å². The van der Waals surface area contributed by atoms with Gasteiger partial charge in [0.05, 0.1) is 0 Å². The minimum absolute atomic E-state index is 0.107. The molecule has 0 spiro atoms. The lowest BCUT2D eigenvalue weighted by Gasteiger charge is -2.04. The van der Waals surface area contributed by atoms with Gasteiger partial charge in [0.2, 0.25) is 17.6 Å². The van der Waals surface area contributed by atoms with Gasteiger partial charge in [-0.05, 0) is 30.3 Å². The zero-order valence-corrected chi connectivity index (χ0v) is 13.7. The van der Waals surface area contributed by atoms with Crippen LogP contribution in [-0.2, 0) is 11.2 Å². The van der Waals surface area contributed by atoms with E-state index in [0.29, 0.717) is 18.1 Å². The van der Waals surface area contributed by atoms with Crippen molar-refractivity contribution in [3.63, 3.8) is 0 Å². The van der Waals surface area contributed by atoms with Crippen LogP contribution in [0.1, 0.15) is 12.3 Å². The number of hydrogen-bond acceptors (Lipinski definition) is 5. The fourth-order valence-electron chi connectivity index (χ4n) is 1.98. The van der Waals surface area contributed by atoms with Crippen LogP contribution >= 0.6 is 15.9 Å². The standard InChI is InChI=1S/C16H13BrN4O2/c17-12-4-1-5-13(9-12)19-14(22)6-7-15-20-16(21-23-15)11-3-2-8-18-10-11/h1-5,8-10H,6-7H2,(H,19,22). The van der Waals surface area contributed by atoms with Crippen molar-refractivity contribution >= 4 is 27.5 Å². The summed E-state index contributed by atoms with van der Waals surface area (Å²) in [6, 6.07) is 11.1. The Kier molecular flexibility index (Phi) is 4.77. The molecule has 116 valence electrons. The SMILES string of the molecule is O=C(CCc1nc(-c2cccnc2)no1)Nc1cccc(Br)c1. The predicted octanol–water partition coefficient (Wildman–Crippen LogP) is 3.47. The molecule has 1 amide bonds. The van der Waals surface area contributed by atoms with Crippen molar-refractivity contribution in [2.45, 2.75) is 12.8 Å². The molecule has 3 rings (SSSR count). The highest BCUT2D eigenvalue weighted by Gasteiger charge is 2.11. The zero-order valence-electron chi connectivity index (χ0n) is 12.1. The van der Waals surface area contributed by atoms with Crippen LogP contribution in [0.5, 0.6) is 0 Å². The van der Waals surface area contributed by atoms with Crippen LogP contribution < -0.4 is 5.32 Å². The molecule has 0 fully saturated rings. The number of aromatic nitrogens is 3. The van der Waals surface area contributed by atoms with Gasteiger partial charge in [-0.3, -0.25) is 9.78 Å². The van der Waals surface area contributed by atoms with Gasteiger partial charge in [-0.2, -0.15) is 4.98 Å². The fourth-order valence-corrected chi connectivity index (χ4v) is 2.38. The normalized spacial score (nSPS) is 10.5. The quantitative estimate of drug-likeness (QED) is 0.741. The van der Waals surface area contributed by atoms with Crippen LogP contribution in [0.4, 0.5) is 5.69 Å². The maximum atomic E-state index is 11.9. The number of nitrogens with one attached hydrogen (secondary N) is 1. The molecule has 23 heavy (non-hydrogen) atoms. The third-order valence-electron chi connectivity index (χ3n) is 3.06. The number of pyridine rings is 1. The van der Waals surface area contributed by atoms with Crippen molar-refractivity contribution in [2.75, 3.05) is 5.32 Å². The highest BCUT2D eigenvalue weighted by molar-refractivity contribution is 9.10. The van der Waals surface area contributed by atoms with E-state index >= 15 is 0 Å². The van der Waals surface area contributed by atoms with Gasteiger partial charge >= 0.3 is 0 Å². The van der Waals surface area contributed by atoms with E-state index in [4.69, 9.17) is 4.52 Å². The zero-order chi connectivity index (χ0) is 16.1. The lowest BCUT2D eigenvalue weighted by atomic mass is 10.2. The summed E-state index contributed by atoms with van der Waals surface area (Å²) in [5.74, 6) is 0.790. The minimum Gasteiger partial charge on any atom is -0.339 e. The first-order chi connectivity index (χ1) is 11.2. The fraction of sp³-hybridized carbons (Fsp3) is 0.125. The summed E-state index contributed by atoms with van der Waals surface area (Å²) in [5.41, 5.74) is 1.52. The lowest BCUT2D eigenvalue weighted by molar-refractivity contribution is -0.116. The van der Waals surface area contributed by atoms with E-state index in [0.717, 1.165) is 15.7 Å². The topological polar surface area (TPSA) is 80.9 Å². The first-order valence-electron chi connectivity index (χ1n) is 6.99. The summed E-state index contributed by atoms with van der Waals surface area (Å²) < 4.78 is 6.07. The molecule has 1 N–H and O–H groups in total. The summed E-state index contributed by atoms with van der Waals surface area (Å²) in [6.07, 6.45) is 3.99. The molecule has 0 saturated heterocycles. The van der Waals surface area contributed by atoms with Crippen LogP contribution in [0.25, 0.3) is 11.4 Å². The summed E-state index contributed by atoms with van der Waals surface area (Å²) >= 11 is 3.36. The van der Waals surface area contributed by atoms with Gasteiger partial charge in [0.25, 0.3) is 0 Å². The third-order valence-corrected chi connectivity index (χ3v) is 3.56. The number of nitrogens with zero attached hydrogens (tertiary/aromatic N) is 3. The van der Waals surface area contributed by atoms with E-state index in [1.165, 1.54) is 0 Å². The number of aryl methyl sites for hydroxylation is 1. The Hall–Kier alpha value is -2.54. The predicted molar refractivity (Wildman–Crippen MR) is 88.6 cm³/mol. The second kappa shape index (κ2) is 7.15. The van der Waals surface area contributed by atoms with E-state index in [-0.39, 0.29) is 12.3 Å². The molecule has 0 unspecified atom stereocenters. The number of carbonyl (C=O) groups excluding carboxylic acids is 1. The molecule has 0 bridgehead atoms. The number of carbonyl (C=O) groups is 1. The summed E-state index contributed by atoms with van der Waals surface area (Å²) in [7, 11) is 0. The van der Waals surface area contributed by atoms with E-state index in [9.17, 15) is 4.79 Å². The molecular weight excluding hydrogens is 360 g/mol. The molecule has 0 aliphatic carbocycles. The van der Waals surface area contributed by atoms with E-state index in [1.807, 2.05) is 30.3 Å². The van der Waals surface area contributed by atoms with Crippen molar-refractivity contribution < 1.29 is 9.32 Å². The number of amides is 1. The van der Waals surface area contributed by atoms with Gasteiger partial charge < -0.3 is 9.84 Å². The van der Waals surface area contributed by atoms with Crippen LogP contribution in [0, 0.1) is 0 Å². The maximum Gasteiger partial charge on any atom is 0.227 e. The molecule has 0 aliphatic rings. The van der Waals surface area contributed by atoms with Gasteiger partial charge in [-0.1, -0.05) is 27.2 Å². The minimum atomic E-state index is -0.107. The molecule has 7 heteroatoms. The second-order valence-electron chi connectivity index (χ2n) is 4.81. The van der Waals surface area contributed by atoms with Crippen molar-refractivity contribution in [1.82, 2.24) is 15.1 Å². The van der Waals surface area contributed by atoms with Crippen LogP contribution in [0.2, 0.25) is 0 Å². The molecule has 1 aromatic carbocycles. The van der Waals surface area contributed by atoms with Crippen LogP contribution in [0.3, 0.4) is 0 Å². The van der Waals surface area contributed by atoms with E-state index in [1.54, 1.807) is 18.5 Å². The molecule has 2 heterocycles. The van der Waals surface area contributed by atoms with Gasteiger partial charge in [0.1, 0.15) is 0 Å². The summed E-state index contributed by atoms with van der Waals surface area (Å²) in [6.45, 7) is 0. The average molecular weight is 373 g/mol. The first-order valence-corrected chi connectivity index (χ1v) is 7.78. The van der Waals surface area contributed by atoms with Gasteiger partial charge in [0, 0.05) is 41.0 Å². The Labute approximate surface area is 141 Å². The van der Waals surface area contributed by atoms with Crippen LogP contribution in [0.15, 0.2) is 57.8 Å². The van der Waals surface area contributed by atoms with Gasteiger partial charge in [-0.15, -0.1) is 0 Å². The van der Waals surface area contributed by atoms with E-state index in [2.05, 4.69) is 36.4 Å². The lowest BCUT2D eigenvalue weighted by Crippen LogP contribution is -2.12. The average Bonchev–Trinajstić information content (AvgIpc) is 3.03. The Bertz CT molecular complexity index is 805. The summed E-state index contributed by atoms with van der Waals surface area (Å²) in [5, 5.41) is 6.72. The Balaban J connectivity index is 1.56. The largest absolute Gasteiger partial charge is 0.339 e. The number of benzene rings is 1. The molecule has 0 atom stereocenters. The number of halogens is 1. The number of anilines is 1. The van der Waals surface area contributed by atoms with Crippen molar-refractivity contribution in [1.29, 1.82) is 0 Å². The monoisotopic (exact) mass is 372 g/mol. The molecule has 6 nitrogen and oxygen atoms in total. The Morgan fingerprint density at radius 2 is 2.17 bits per heavy atom. The maximum absolute atomic E-state index is 11.9. The molecular formula is C16H13BrN4O2. The van der Waals surface area contributed by atoms with Crippen molar-refractivity contribution in [3.8, 4) is 11.4 Å². The smallest absolute Gasteiger partial charge is 0.227 e. The Morgan fingerprint density at radius 1 is 1.26 bits per heavy atom. The molecule has 0 saturated carbocycles. The molecule has 0 aliphatic heterocycles. The van der Waals surface area contributed by atoms with Crippen LogP contribution in [-0.4, -0.2) is 21.0 Å². The molecule has 2 aromatic heterocycles. The molecule has 3 aromatic rings. The number of hydrogen-bond donors (Lipinski definition) is 1. The highest BCUT2D eigenvalue weighted by Crippen LogP contribution is 2.17. The Morgan fingerprint density at radius 3 is 2.96 bits per heavy atom. The third kappa shape index (κ3) is 4.23.